The molecule has 1 N–H and O–H groups in total. The van der Waals surface area contributed by atoms with Gasteiger partial charge in [0.15, 0.2) is 11.8 Å². The second kappa shape index (κ2) is 10.7. The number of ether oxygens (including phenoxy) is 1. The van der Waals surface area contributed by atoms with E-state index >= 15 is 0 Å². The molecule has 4 aromatic rings. The lowest BCUT2D eigenvalue weighted by atomic mass is 10.1. The first-order chi connectivity index (χ1) is 18.0. The fourth-order valence-electron chi connectivity index (χ4n) is 4.58. The van der Waals surface area contributed by atoms with Crippen LogP contribution in [-0.2, 0) is 16.1 Å². The van der Waals surface area contributed by atoms with Gasteiger partial charge < -0.3 is 18.9 Å². The predicted molar refractivity (Wildman–Crippen MR) is 133 cm³/mol. The molecule has 1 unspecified atom stereocenters. The number of nitrogens with zero attached hydrogens (tertiary/aromatic N) is 5. The summed E-state index contributed by atoms with van der Waals surface area (Å²) in [5, 5.41) is 15.4. The number of rotatable bonds is 9. The summed E-state index contributed by atoms with van der Waals surface area (Å²) < 4.78 is 16.8. The normalized spacial score (nSPS) is 14.4. The largest absolute Gasteiger partial charge is 0.495 e. The second-order valence-electron chi connectivity index (χ2n) is 8.90. The molecular formula is C26H28N6O5. The van der Waals surface area contributed by atoms with Crippen molar-refractivity contribution in [3.8, 4) is 17.3 Å². The Balaban J connectivity index is 1.50. The number of amides is 2. The Morgan fingerprint density at radius 3 is 2.68 bits per heavy atom. The Labute approximate surface area is 213 Å². The molecule has 3 heterocycles. The average Bonchev–Trinajstić information content (AvgIpc) is 3.71. The number of furan rings is 2. The highest BCUT2D eigenvalue weighted by molar-refractivity contribution is 6.02. The molecule has 11 nitrogen and oxygen atoms in total. The summed E-state index contributed by atoms with van der Waals surface area (Å²) in [7, 11) is 1.51. The standard InChI is InChI=1S/C26H28N6O5/c1-17-13-14-22(37-17)25-28-30-31(29-25)16-23(33)32(19-10-5-6-11-20(19)35-2)24(21-12-7-15-36-21)26(34)27-18-8-3-4-9-18/h5-7,10-15,18,24H,3-4,8-9,16H2,1-2H3,(H,27,34). The van der Waals surface area contributed by atoms with Crippen LogP contribution < -0.4 is 15.0 Å². The van der Waals surface area contributed by atoms with Gasteiger partial charge in [-0.1, -0.05) is 25.0 Å². The van der Waals surface area contributed by atoms with Crippen LogP contribution in [0.4, 0.5) is 5.69 Å². The maximum Gasteiger partial charge on any atom is 0.251 e. The highest BCUT2D eigenvalue weighted by Gasteiger charge is 2.37. The zero-order valence-corrected chi connectivity index (χ0v) is 20.7. The van der Waals surface area contributed by atoms with Crippen molar-refractivity contribution in [1.29, 1.82) is 0 Å². The van der Waals surface area contributed by atoms with E-state index in [1.165, 1.54) is 23.1 Å². The molecule has 37 heavy (non-hydrogen) atoms. The van der Waals surface area contributed by atoms with Crippen LogP contribution in [0.1, 0.15) is 43.2 Å². The summed E-state index contributed by atoms with van der Waals surface area (Å²) in [5.74, 6) is 1.38. The van der Waals surface area contributed by atoms with Crippen molar-refractivity contribution < 1.29 is 23.2 Å². The van der Waals surface area contributed by atoms with Gasteiger partial charge in [0.25, 0.3) is 11.8 Å². The van der Waals surface area contributed by atoms with Gasteiger partial charge in [0, 0.05) is 6.04 Å². The smallest absolute Gasteiger partial charge is 0.251 e. The fourth-order valence-corrected chi connectivity index (χ4v) is 4.58. The Hall–Kier alpha value is -4.41. The minimum absolute atomic E-state index is 0.0517. The number of benzene rings is 1. The number of nitrogens with one attached hydrogen (secondary N) is 1. The lowest BCUT2D eigenvalue weighted by molar-refractivity contribution is -0.128. The molecule has 5 rings (SSSR count). The first-order valence-electron chi connectivity index (χ1n) is 12.2. The molecule has 0 bridgehead atoms. The van der Waals surface area contributed by atoms with Crippen molar-refractivity contribution in [1.82, 2.24) is 25.5 Å². The molecule has 1 aliphatic carbocycles. The fraction of sp³-hybridized carbons (Fsp3) is 0.346. The van der Waals surface area contributed by atoms with Crippen LogP contribution >= 0.6 is 0 Å². The van der Waals surface area contributed by atoms with Crippen LogP contribution in [0.3, 0.4) is 0 Å². The van der Waals surface area contributed by atoms with Crippen molar-refractivity contribution in [2.24, 2.45) is 0 Å². The molecule has 1 saturated carbocycles. The Morgan fingerprint density at radius 2 is 1.97 bits per heavy atom. The SMILES string of the molecule is COc1ccccc1N(C(=O)Cn1nnc(-c2ccc(C)o2)n1)C(C(=O)NC1CCCC1)c1ccco1. The molecule has 1 fully saturated rings. The minimum atomic E-state index is -1.07. The lowest BCUT2D eigenvalue weighted by Gasteiger charge is -2.31. The van der Waals surface area contributed by atoms with Gasteiger partial charge in [0.1, 0.15) is 23.8 Å². The molecule has 1 atom stereocenters. The molecule has 1 aliphatic rings. The maximum absolute atomic E-state index is 13.9. The van der Waals surface area contributed by atoms with E-state index in [1.54, 1.807) is 48.5 Å². The average molecular weight is 505 g/mol. The van der Waals surface area contributed by atoms with Crippen molar-refractivity contribution in [3.05, 3.63) is 66.3 Å². The Bertz CT molecular complexity index is 1360. The number of hydrogen-bond donors (Lipinski definition) is 1. The summed E-state index contributed by atoms with van der Waals surface area (Å²) in [6.07, 6.45) is 5.39. The number of carbonyl (C=O) groups excluding carboxylic acids is 2. The summed E-state index contributed by atoms with van der Waals surface area (Å²) in [6, 6.07) is 12.9. The van der Waals surface area contributed by atoms with Crippen LogP contribution in [0.25, 0.3) is 11.6 Å². The summed E-state index contributed by atoms with van der Waals surface area (Å²) >= 11 is 0. The van der Waals surface area contributed by atoms with Crippen LogP contribution in [-0.4, -0.2) is 45.2 Å². The van der Waals surface area contributed by atoms with E-state index < -0.39 is 11.9 Å². The van der Waals surface area contributed by atoms with E-state index in [0.29, 0.717) is 28.7 Å². The van der Waals surface area contributed by atoms with Crippen LogP contribution in [0, 0.1) is 6.92 Å². The monoisotopic (exact) mass is 504 g/mol. The number of aromatic nitrogens is 4. The minimum Gasteiger partial charge on any atom is -0.495 e. The predicted octanol–water partition coefficient (Wildman–Crippen LogP) is 3.68. The van der Waals surface area contributed by atoms with Gasteiger partial charge in [-0.2, -0.15) is 4.80 Å². The van der Waals surface area contributed by atoms with Gasteiger partial charge in [0.05, 0.1) is 19.1 Å². The van der Waals surface area contributed by atoms with Gasteiger partial charge in [-0.25, -0.2) is 0 Å². The van der Waals surface area contributed by atoms with Crippen molar-refractivity contribution >= 4 is 17.5 Å². The number of aryl methyl sites for hydroxylation is 1. The van der Waals surface area contributed by atoms with Gasteiger partial charge >= 0.3 is 0 Å². The molecule has 192 valence electrons. The Kier molecular flexibility index (Phi) is 7.02. The lowest BCUT2D eigenvalue weighted by Crippen LogP contribution is -2.47. The van der Waals surface area contributed by atoms with Gasteiger partial charge in [-0.3, -0.25) is 14.5 Å². The van der Waals surface area contributed by atoms with Gasteiger partial charge in [-0.15, -0.1) is 10.2 Å². The second-order valence-corrected chi connectivity index (χ2v) is 8.90. The quantitative estimate of drug-likeness (QED) is 0.366. The number of tetrazole rings is 1. The number of carbonyl (C=O) groups is 2. The van der Waals surface area contributed by atoms with E-state index in [0.717, 1.165) is 25.7 Å². The summed E-state index contributed by atoms with van der Waals surface area (Å²) in [4.78, 5) is 30.1. The molecular weight excluding hydrogens is 476 g/mol. The number of anilines is 1. The molecule has 0 spiro atoms. The molecule has 0 saturated heterocycles. The van der Waals surface area contributed by atoms with Crippen LogP contribution in [0.2, 0.25) is 0 Å². The molecule has 2 amide bonds. The Morgan fingerprint density at radius 1 is 1.16 bits per heavy atom. The molecule has 1 aromatic carbocycles. The van der Waals surface area contributed by atoms with Crippen molar-refractivity contribution in [2.45, 2.75) is 51.2 Å². The third-order valence-electron chi connectivity index (χ3n) is 6.32. The summed E-state index contributed by atoms with van der Waals surface area (Å²) in [6.45, 7) is 1.53. The van der Waals surface area contributed by atoms with E-state index in [2.05, 4.69) is 20.7 Å². The van der Waals surface area contributed by atoms with Crippen molar-refractivity contribution in [2.75, 3.05) is 12.0 Å². The molecule has 0 aliphatic heterocycles. The molecule has 11 heteroatoms. The van der Waals surface area contributed by atoms with E-state index in [-0.39, 0.29) is 24.3 Å². The highest BCUT2D eigenvalue weighted by Crippen LogP contribution is 2.35. The maximum atomic E-state index is 13.9. The van der Waals surface area contributed by atoms with E-state index in [9.17, 15) is 9.59 Å². The number of para-hydroxylation sites is 2. The van der Waals surface area contributed by atoms with Crippen LogP contribution in [0.15, 0.2) is 63.6 Å². The topological polar surface area (TPSA) is 129 Å². The zero-order chi connectivity index (χ0) is 25.8. The number of hydrogen-bond acceptors (Lipinski definition) is 8. The van der Waals surface area contributed by atoms with E-state index in [1.807, 2.05) is 6.92 Å². The highest BCUT2D eigenvalue weighted by atomic mass is 16.5. The van der Waals surface area contributed by atoms with E-state index in [4.69, 9.17) is 13.6 Å². The van der Waals surface area contributed by atoms with Crippen molar-refractivity contribution in [3.63, 3.8) is 0 Å². The molecule has 0 radical (unpaired) electrons. The zero-order valence-electron chi connectivity index (χ0n) is 20.7. The number of methoxy groups -OCH3 is 1. The first-order valence-corrected chi connectivity index (χ1v) is 12.2. The third-order valence-corrected chi connectivity index (χ3v) is 6.32. The summed E-state index contributed by atoms with van der Waals surface area (Å²) in [5.41, 5.74) is 0.417. The third kappa shape index (κ3) is 5.25. The van der Waals surface area contributed by atoms with Gasteiger partial charge in [-0.05, 0) is 61.4 Å². The molecule has 3 aromatic heterocycles. The van der Waals surface area contributed by atoms with Crippen LogP contribution in [0.5, 0.6) is 5.75 Å². The van der Waals surface area contributed by atoms with Gasteiger partial charge in [0.2, 0.25) is 5.82 Å². The first kappa shape index (κ1) is 24.3.